The summed E-state index contributed by atoms with van der Waals surface area (Å²) in [5, 5.41) is 13.5. The Morgan fingerprint density at radius 2 is 1.95 bits per heavy atom. The predicted octanol–water partition coefficient (Wildman–Crippen LogP) is 3.26. The van der Waals surface area contributed by atoms with E-state index in [0.717, 1.165) is 18.4 Å². The van der Waals surface area contributed by atoms with Crippen LogP contribution in [0.2, 0.25) is 5.02 Å². The summed E-state index contributed by atoms with van der Waals surface area (Å²) in [5.41, 5.74) is 0.0721. The second-order valence-electron chi connectivity index (χ2n) is 5.57. The van der Waals surface area contributed by atoms with Crippen LogP contribution in [0.15, 0.2) is 24.3 Å². The lowest BCUT2D eigenvalue weighted by atomic mass is 9.91. The molecular formula is C15H20ClNO2. The zero-order valence-corrected chi connectivity index (χ0v) is 11.9. The SMILES string of the molecule is CC(Cc1ccc(Cl)cc1)(NC1CCCC1)C(=O)O. The monoisotopic (exact) mass is 281 g/mol. The van der Waals surface area contributed by atoms with Crippen LogP contribution in [0.5, 0.6) is 0 Å². The maximum atomic E-state index is 11.6. The van der Waals surface area contributed by atoms with Crippen LogP contribution >= 0.6 is 11.6 Å². The first-order valence-electron chi connectivity index (χ1n) is 6.75. The molecule has 0 aliphatic heterocycles. The summed E-state index contributed by atoms with van der Waals surface area (Å²) in [5.74, 6) is -0.797. The lowest BCUT2D eigenvalue weighted by molar-refractivity contribution is -0.144. The average molecular weight is 282 g/mol. The third-order valence-electron chi connectivity index (χ3n) is 3.82. The smallest absolute Gasteiger partial charge is 0.323 e. The molecule has 1 aromatic carbocycles. The van der Waals surface area contributed by atoms with Gasteiger partial charge in [-0.2, -0.15) is 0 Å². The average Bonchev–Trinajstić information content (AvgIpc) is 2.84. The molecule has 1 aliphatic carbocycles. The van der Waals surface area contributed by atoms with Crippen molar-refractivity contribution < 1.29 is 9.90 Å². The standard InChI is InChI=1S/C15H20ClNO2/c1-15(14(18)19,17-13-4-2-3-5-13)10-11-6-8-12(16)9-7-11/h6-9,13,17H,2-5,10H2,1H3,(H,18,19). The molecule has 0 radical (unpaired) electrons. The Kier molecular flexibility index (Phi) is 4.48. The molecule has 0 bridgehead atoms. The molecule has 1 aliphatic rings. The van der Waals surface area contributed by atoms with Gasteiger partial charge in [-0.05, 0) is 37.5 Å². The van der Waals surface area contributed by atoms with E-state index in [2.05, 4.69) is 5.32 Å². The lowest BCUT2D eigenvalue weighted by Gasteiger charge is -2.30. The van der Waals surface area contributed by atoms with Crippen LogP contribution in [0.3, 0.4) is 0 Å². The van der Waals surface area contributed by atoms with Gasteiger partial charge in [0.1, 0.15) is 5.54 Å². The minimum absolute atomic E-state index is 0.327. The van der Waals surface area contributed by atoms with Gasteiger partial charge in [-0.3, -0.25) is 10.1 Å². The maximum absolute atomic E-state index is 11.6. The summed E-state index contributed by atoms with van der Waals surface area (Å²) in [6.45, 7) is 1.77. The van der Waals surface area contributed by atoms with Crippen molar-refractivity contribution in [3.8, 4) is 0 Å². The van der Waals surface area contributed by atoms with E-state index in [1.807, 2.05) is 12.1 Å². The largest absolute Gasteiger partial charge is 0.480 e. The van der Waals surface area contributed by atoms with Gasteiger partial charge in [-0.1, -0.05) is 36.6 Å². The number of halogens is 1. The fourth-order valence-corrected chi connectivity index (χ4v) is 2.85. The number of aliphatic carboxylic acids is 1. The Labute approximate surface area is 119 Å². The van der Waals surface area contributed by atoms with Gasteiger partial charge in [-0.15, -0.1) is 0 Å². The molecule has 19 heavy (non-hydrogen) atoms. The van der Waals surface area contributed by atoms with Crippen LogP contribution in [0.1, 0.15) is 38.2 Å². The maximum Gasteiger partial charge on any atom is 0.323 e. The second kappa shape index (κ2) is 5.93. The van der Waals surface area contributed by atoms with Crippen molar-refractivity contribution in [1.29, 1.82) is 0 Å². The molecule has 0 aromatic heterocycles. The van der Waals surface area contributed by atoms with E-state index < -0.39 is 11.5 Å². The van der Waals surface area contributed by atoms with Crippen molar-refractivity contribution >= 4 is 17.6 Å². The van der Waals surface area contributed by atoms with E-state index in [1.54, 1.807) is 19.1 Å². The zero-order chi connectivity index (χ0) is 13.9. The van der Waals surface area contributed by atoms with Crippen molar-refractivity contribution in [3.63, 3.8) is 0 Å². The molecule has 0 spiro atoms. The molecule has 0 amide bonds. The van der Waals surface area contributed by atoms with Crippen molar-refractivity contribution in [2.24, 2.45) is 0 Å². The van der Waals surface area contributed by atoms with Gasteiger partial charge in [0.2, 0.25) is 0 Å². The normalized spacial score (nSPS) is 19.3. The minimum Gasteiger partial charge on any atom is -0.480 e. The Balaban J connectivity index is 2.09. The summed E-state index contributed by atoms with van der Waals surface area (Å²) < 4.78 is 0. The molecule has 3 nitrogen and oxygen atoms in total. The lowest BCUT2D eigenvalue weighted by Crippen LogP contribution is -2.54. The van der Waals surface area contributed by atoms with Crippen LogP contribution in [-0.4, -0.2) is 22.7 Å². The molecule has 0 heterocycles. The van der Waals surface area contributed by atoms with Crippen LogP contribution in [0.4, 0.5) is 0 Å². The molecule has 1 unspecified atom stereocenters. The number of carboxylic acids is 1. The number of nitrogens with one attached hydrogen (secondary N) is 1. The molecular weight excluding hydrogens is 262 g/mol. The van der Waals surface area contributed by atoms with Gasteiger partial charge in [0.05, 0.1) is 0 Å². The summed E-state index contributed by atoms with van der Waals surface area (Å²) in [4.78, 5) is 11.6. The highest BCUT2D eigenvalue weighted by Gasteiger charge is 2.36. The first-order chi connectivity index (χ1) is 8.99. The van der Waals surface area contributed by atoms with Gasteiger partial charge < -0.3 is 5.11 Å². The predicted molar refractivity (Wildman–Crippen MR) is 76.6 cm³/mol. The van der Waals surface area contributed by atoms with Crippen LogP contribution in [0.25, 0.3) is 0 Å². The molecule has 2 N–H and O–H groups in total. The number of carboxylic acid groups (broad SMARTS) is 1. The zero-order valence-electron chi connectivity index (χ0n) is 11.2. The first-order valence-corrected chi connectivity index (χ1v) is 7.13. The first kappa shape index (κ1) is 14.4. The molecule has 1 atom stereocenters. The molecule has 104 valence electrons. The number of hydrogen-bond donors (Lipinski definition) is 2. The van der Waals surface area contributed by atoms with E-state index in [0.29, 0.717) is 17.5 Å². The summed E-state index contributed by atoms with van der Waals surface area (Å²) in [6, 6.07) is 7.71. The van der Waals surface area contributed by atoms with E-state index >= 15 is 0 Å². The van der Waals surface area contributed by atoms with Gasteiger partial charge in [0.25, 0.3) is 0 Å². The summed E-state index contributed by atoms with van der Waals surface area (Å²) in [7, 11) is 0. The molecule has 2 rings (SSSR count). The van der Waals surface area contributed by atoms with E-state index in [-0.39, 0.29) is 0 Å². The van der Waals surface area contributed by atoms with Crippen LogP contribution in [0, 0.1) is 0 Å². The molecule has 0 saturated heterocycles. The topological polar surface area (TPSA) is 49.3 Å². The van der Waals surface area contributed by atoms with Gasteiger partial charge >= 0.3 is 5.97 Å². The molecule has 1 saturated carbocycles. The Morgan fingerprint density at radius 3 is 2.47 bits per heavy atom. The second-order valence-corrected chi connectivity index (χ2v) is 6.00. The number of rotatable bonds is 5. The van der Waals surface area contributed by atoms with E-state index in [9.17, 15) is 9.90 Å². The Hall–Kier alpha value is -1.06. The molecule has 4 heteroatoms. The number of carbonyl (C=O) groups is 1. The van der Waals surface area contributed by atoms with Crippen LogP contribution in [-0.2, 0) is 11.2 Å². The van der Waals surface area contributed by atoms with E-state index in [4.69, 9.17) is 11.6 Å². The Morgan fingerprint density at radius 1 is 1.37 bits per heavy atom. The van der Waals surface area contributed by atoms with E-state index in [1.165, 1.54) is 12.8 Å². The van der Waals surface area contributed by atoms with Gasteiger partial charge in [0, 0.05) is 17.5 Å². The fourth-order valence-electron chi connectivity index (χ4n) is 2.72. The highest BCUT2D eigenvalue weighted by atomic mass is 35.5. The highest BCUT2D eigenvalue weighted by molar-refractivity contribution is 6.30. The van der Waals surface area contributed by atoms with Crippen LogP contribution < -0.4 is 5.32 Å². The third-order valence-corrected chi connectivity index (χ3v) is 4.07. The molecule has 1 fully saturated rings. The number of benzene rings is 1. The van der Waals surface area contributed by atoms with Crippen molar-refractivity contribution in [3.05, 3.63) is 34.9 Å². The van der Waals surface area contributed by atoms with Crippen molar-refractivity contribution in [2.45, 2.75) is 50.6 Å². The summed E-state index contributed by atoms with van der Waals surface area (Å²) in [6.07, 6.45) is 4.99. The Bertz CT molecular complexity index is 440. The fraction of sp³-hybridized carbons (Fsp3) is 0.533. The van der Waals surface area contributed by atoms with Crippen molar-refractivity contribution in [1.82, 2.24) is 5.32 Å². The highest BCUT2D eigenvalue weighted by Crippen LogP contribution is 2.23. The number of hydrogen-bond acceptors (Lipinski definition) is 2. The van der Waals surface area contributed by atoms with Crippen molar-refractivity contribution in [2.75, 3.05) is 0 Å². The summed E-state index contributed by atoms with van der Waals surface area (Å²) >= 11 is 5.85. The third kappa shape index (κ3) is 3.71. The minimum atomic E-state index is -0.914. The quantitative estimate of drug-likeness (QED) is 0.871. The van der Waals surface area contributed by atoms with Gasteiger partial charge in [0.15, 0.2) is 0 Å². The molecule has 1 aromatic rings. The van der Waals surface area contributed by atoms with Gasteiger partial charge in [-0.25, -0.2) is 0 Å².